The van der Waals surface area contributed by atoms with Gasteiger partial charge in [-0.15, -0.1) is 0 Å². The summed E-state index contributed by atoms with van der Waals surface area (Å²) in [5.74, 6) is 0.159. The van der Waals surface area contributed by atoms with Gasteiger partial charge in [-0.1, -0.05) is 36.4 Å². The Hall–Kier alpha value is -4.13. The van der Waals surface area contributed by atoms with Crippen LogP contribution in [0.2, 0.25) is 0 Å². The third-order valence-corrected chi connectivity index (χ3v) is 5.48. The highest BCUT2D eigenvalue weighted by Gasteiger charge is 2.29. The van der Waals surface area contributed by atoms with Crippen LogP contribution in [0.25, 0.3) is 0 Å². The zero-order chi connectivity index (χ0) is 23.9. The Bertz CT molecular complexity index is 1180. The first-order chi connectivity index (χ1) is 16.5. The summed E-state index contributed by atoms with van der Waals surface area (Å²) >= 11 is 0. The van der Waals surface area contributed by atoms with Gasteiger partial charge in [-0.3, -0.25) is 14.4 Å². The summed E-state index contributed by atoms with van der Waals surface area (Å²) in [5, 5.41) is 8.64. The summed E-state index contributed by atoms with van der Waals surface area (Å²) in [6, 6.07) is 23.0. The minimum Gasteiger partial charge on any atom is -0.484 e. The molecule has 1 aliphatic rings. The van der Waals surface area contributed by atoms with Gasteiger partial charge in [0, 0.05) is 28.9 Å². The molecule has 4 rings (SSSR count). The highest BCUT2D eigenvalue weighted by atomic mass is 16.5. The van der Waals surface area contributed by atoms with Crippen LogP contribution in [-0.4, -0.2) is 24.3 Å². The smallest absolute Gasteiger partial charge is 0.258 e. The minimum atomic E-state index is -0.283. The lowest BCUT2D eigenvalue weighted by Gasteiger charge is -2.16. The normalized spacial score (nSPS) is 13.4. The first kappa shape index (κ1) is 23.0. The molecule has 0 radical (unpaired) electrons. The van der Waals surface area contributed by atoms with Gasteiger partial charge in [0.1, 0.15) is 5.75 Å². The number of carbonyl (C=O) groups is 3. The molecule has 3 amide bonds. The Morgan fingerprint density at radius 2 is 1.59 bits per heavy atom. The van der Waals surface area contributed by atoms with Gasteiger partial charge in [0.15, 0.2) is 6.61 Å². The first-order valence-electron chi connectivity index (χ1n) is 11.3. The van der Waals surface area contributed by atoms with Crippen LogP contribution in [0.3, 0.4) is 0 Å². The number of anilines is 2. The predicted octanol–water partition coefficient (Wildman–Crippen LogP) is 4.54. The number of nitrogens with one attached hydrogen (secondary N) is 3. The topological polar surface area (TPSA) is 96.5 Å². The zero-order valence-electron chi connectivity index (χ0n) is 18.9. The van der Waals surface area contributed by atoms with Gasteiger partial charge in [-0.05, 0) is 61.7 Å². The second kappa shape index (κ2) is 10.7. The molecule has 1 saturated carbocycles. The highest BCUT2D eigenvalue weighted by molar-refractivity contribution is 6.04. The van der Waals surface area contributed by atoms with E-state index in [1.165, 1.54) is 0 Å². The average Bonchev–Trinajstić information content (AvgIpc) is 3.69. The van der Waals surface area contributed by atoms with Gasteiger partial charge in [-0.25, -0.2) is 0 Å². The van der Waals surface area contributed by atoms with Crippen molar-refractivity contribution in [2.24, 2.45) is 5.92 Å². The van der Waals surface area contributed by atoms with Crippen molar-refractivity contribution in [1.82, 2.24) is 5.32 Å². The molecule has 1 aliphatic carbocycles. The Balaban J connectivity index is 1.28. The van der Waals surface area contributed by atoms with E-state index in [1.54, 1.807) is 42.5 Å². The molecule has 174 valence electrons. The standard InChI is InChI=1S/C27H27N3O4/c1-18(21-9-5-10-22(15-21)29-26(32)19-7-3-2-4-8-19)28-25(31)17-34-24-12-6-11-23(16-24)30-27(33)20-13-14-20/h2-12,15-16,18,20H,13-14,17H2,1H3,(H,28,31)(H,29,32)(H,30,33). The molecule has 3 aromatic carbocycles. The van der Waals surface area contributed by atoms with E-state index >= 15 is 0 Å². The number of carbonyl (C=O) groups excluding carboxylic acids is 3. The van der Waals surface area contributed by atoms with Crippen molar-refractivity contribution in [2.45, 2.75) is 25.8 Å². The summed E-state index contributed by atoms with van der Waals surface area (Å²) in [5.41, 5.74) is 2.72. The summed E-state index contributed by atoms with van der Waals surface area (Å²) in [6.45, 7) is 1.71. The van der Waals surface area contributed by atoms with Crippen LogP contribution < -0.4 is 20.7 Å². The maximum atomic E-state index is 12.4. The van der Waals surface area contributed by atoms with Crippen molar-refractivity contribution in [3.8, 4) is 5.75 Å². The lowest BCUT2D eigenvalue weighted by molar-refractivity contribution is -0.123. The molecular weight excluding hydrogens is 430 g/mol. The second-order valence-corrected chi connectivity index (χ2v) is 8.31. The number of rotatable bonds is 9. The van der Waals surface area contributed by atoms with E-state index in [2.05, 4.69) is 16.0 Å². The van der Waals surface area contributed by atoms with Gasteiger partial charge in [0.2, 0.25) is 5.91 Å². The molecule has 3 N–H and O–H groups in total. The third kappa shape index (κ3) is 6.45. The van der Waals surface area contributed by atoms with Crippen molar-refractivity contribution >= 4 is 29.1 Å². The van der Waals surface area contributed by atoms with Crippen molar-refractivity contribution in [3.63, 3.8) is 0 Å². The molecule has 0 bridgehead atoms. The predicted molar refractivity (Wildman–Crippen MR) is 131 cm³/mol. The summed E-state index contributed by atoms with van der Waals surface area (Å²) < 4.78 is 5.61. The van der Waals surface area contributed by atoms with Gasteiger partial charge in [0.25, 0.3) is 11.8 Å². The van der Waals surface area contributed by atoms with Gasteiger partial charge >= 0.3 is 0 Å². The van der Waals surface area contributed by atoms with Crippen LogP contribution >= 0.6 is 0 Å². The molecule has 3 aromatic rings. The SMILES string of the molecule is CC(NC(=O)COc1cccc(NC(=O)C2CC2)c1)c1cccc(NC(=O)c2ccccc2)c1. The Morgan fingerprint density at radius 3 is 2.32 bits per heavy atom. The van der Waals surface area contributed by atoms with E-state index in [0.717, 1.165) is 18.4 Å². The van der Waals surface area contributed by atoms with E-state index in [-0.39, 0.29) is 36.3 Å². The number of ether oxygens (including phenoxy) is 1. The monoisotopic (exact) mass is 457 g/mol. The molecule has 34 heavy (non-hydrogen) atoms. The molecule has 1 atom stereocenters. The molecule has 1 fully saturated rings. The fourth-order valence-corrected chi connectivity index (χ4v) is 3.45. The number of hydrogen-bond donors (Lipinski definition) is 3. The number of benzene rings is 3. The lowest BCUT2D eigenvalue weighted by Crippen LogP contribution is -2.31. The van der Waals surface area contributed by atoms with Crippen molar-refractivity contribution in [2.75, 3.05) is 17.2 Å². The van der Waals surface area contributed by atoms with E-state index in [9.17, 15) is 14.4 Å². The number of hydrogen-bond acceptors (Lipinski definition) is 4. The van der Waals surface area contributed by atoms with Crippen LogP contribution in [0, 0.1) is 5.92 Å². The fraction of sp³-hybridized carbons (Fsp3) is 0.222. The van der Waals surface area contributed by atoms with E-state index < -0.39 is 0 Å². The van der Waals surface area contributed by atoms with Crippen LogP contribution in [0.4, 0.5) is 11.4 Å². The fourth-order valence-electron chi connectivity index (χ4n) is 3.45. The highest BCUT2D eigenvalue weighted by Crippen LogP contribution is 2.30. The lowest BCUT2D eigenvalue weighted by atomic mass is 10.1. The average molecular weight is 458 g/mol. The number of amides is 3. The second-order valence-electron chi connectivity index (χ2n) is 8.31. The van der Waals surface area contributed by atoms with E-state index in [1.807, 2.05) is 43.3 Å². The molecule has 0 spiro atoms. The van der Waals surface area contributed by atoms with Crippen LogP contribution in [0.15, 0.2) is 78.9 Å². The molecule has 0 heterocycles. The minimum absolute atomic E-state index is 0.0194. The van der Waals surface area contributed by atoms with E-state index in [0.29, 0.717) is 22.7 Å². The zero-order valence-corrected chi connectivity index (χ0v) is 18.9. The Kier molecular flexibility index (Phi) is 7.22. The summed E-state index contributed by atoms with van der Waals surface area (Å²) in [6.07, 6.45) is 1.87. The molecule has 1 unspecified atom stereocenters. The summed E-state index contributed by atoms with van der Waals surface area (Å²) in [7, 11) is 0. The largest absolute Gasteiger partial charge is 0.484 e. The van der Waals surface area contributed by atoms with Crippen LogP contribution in [0.1, 0.15) is 41.7 Å². The summed E-state index contributed by atoms with van der Waals surface area (Å²) in [4.78, 5) is 36.7. The van der Waals surface area contributed by atoms with Crippen molar-refractivity contribution in [3.05, 3.63) is 90.0 Å². The van der Waals surface area contributed by atoms with Crippen molar-refractivity contribution in [1.29, 1.82) is 0 Å². The third-order valence-electron chi connectivity index (χ3n) is 5.48. The molecule has 0 aromatic heterocycles. The van der Waals surface area contributed by atoms with Crippen LogP contribution in [-0.2, 0) is 9.59 Å². The molecule has 7 nitrogen and oxygen atoms in total. The molecule has 0 saturated heterocycles. The maximum absolute atomic E-state index is 12.4. The van der Waals surface area contributed by atoms with Crippen molar-refractivity contribution < 1.29 is 19.1 Å². The molecule has 0 aliphatic heterocycles. The first-order valence-corrected chi connectivity index (χ1v) is 11.3. The van der Waals surface area contributed by atoms with Crippen LogP contribution in [0.5, 0.6) is 5.75 Å². The quantitative estimate of drug-likeness (QED) is 0.439. The van der Waals surface area contributed by atoms with Gasteiger partial charge in [0.05, 0.1) is 6.04 Å². The van der Waals surface area contributed by atoms with Gasteiger partial charge < -0.3 is 20.7 Å². The maximum Gasteiger partial charge on any atom is 0.258 e. The van der Waals surface area contributed by atoms with E-state index in [4.69, 9.17) is 4.74 Å². The Morgan fingerprint density at radius 1 is 0.882 bits per heavy atom. The molecular formula is C27H27N3O4. The Labute approximate surface area is 198 Å². The molecule has 7 heteroatoms. The van der Waals surface area contributed by atoms with Gasteiger partial charge in [-0.2, -0.15) is 0 Å².